The fourth-order valence-electron chi connectivity index (χ4n) is 2.42. The molecule has 1 aromatic rings. The van der Waals surface area contributed by atoms with Gasteiger partial charge in [0.2, 0.25) is 0 Å². The van der Waals surface area contributed by atoms with Gasteiger partial charge in [0, 0.05) is 6.07 Å². The van der Waals surface area contributed by atoms with Crippen LogP contribution < -0.4 is 14.8 Å². The first kappa shape index (κ1) is 13.2. The Hall–Kier alpha value is -1.26. The van der Waals surface area contributed by atoms with E-state index < -0.39 is 5.60 Å². The van der Waals surface area contributed by atoms with Gasteiger partial charge in [0.05, 0.1) is 19.8 Å². The van der Waals surface area contributed by atoms with Crippen molar-refractivity contribution in [2.75, 3.05) is 27.3 Å². The van der Waals surface area contributed by atoms with Crippen LogP contribution in [-0.4, -0.2) is 32.4 Å². The fourth-order valence-corrected chi connectivity index (χ4v) is 2.42. The molecular weight excluding hydrogens is 230 g/mol. The lowest BCUT2D eigenvalue weighted by Crippen LogP contribution is -2.27. The average molecular weight is 251 g/mol. The van der Waals surface area contributed by atoms with Gasteiger partial charge in [0.15, 0.2) is 0 Å². The molecule has 4 nitrogen and oxygen atoms in total. The Kier molecular flexibility index (Phi) is 4.09. The molecule has 1 saturated heterocycles. The summed E-state index contributed by atoms with van der Waals surface area (Å²) in [4.78, 5) is 0. The Bertz CT molecular complexity index is 376. The zero-order valence-corrected chi connectivity index (χ0v) is 11.0. The molecule has 0 bridgehead atoms. The van der Waals surface area contributed by atoms with Crippen LogP contribution in [-0.2, 0) is 5.60 Å². The lowest BCUT2D eigenvalue weighted by Gasteiger charge is -2.27. The summed E-state index contributed by atoms with van der Waals surface area (Å²) >= 11 is 0. The Morgan fingerprint density at radius 1 is 1.06 bits per heavy atom. The van der Waals surface area contributed by atoms with Crippen LogP contribution in [0.15, 0.2) is 18.2 Å². The van der Waals surface area contributed by atoms with Crippen LogP contribution in [0.5, 0.6) is 11.5 Å². The largest absolute Gasteiger partial charge is 0.497 e. The second kappa shape index (κ2) is 5.59. The summed E-state index contributed by atoms with van der Waals surface area (Å²) in [6.45, 7) is 1.79. The Morgan fingerprint density at radius 3 is 2.33 bits per heavy atom. The number of ether oxygens (including phenoxy) is 2. The molecule has 4 heteroatoms. The van der Waals surface area contributed by atoms with Gasteiger partial charge in [-0.2, -0.15) is 0 Å². The number of benzene rings is 1. The highest BCUT2D eigenvalue weighted by Gasteiger charge is 2.30. The van der Waals surface area contributed by atoms with E-state index in [-0.39, 0.29) is 0 Å². The van der Waals surface area contributed by atoms with Crippen molar-refractivity contribution >= 4 is 0 Å². The Morgan fingerprint density at radius 2 is 1.72 bits per heavy atom. The van der Waals surface area contributed by atoms with Gasteiger partial charge in [-0.25, -0.2) is 0 Å². The third-order valence-corrected chi connectivity index (χ3v) is 3.55. The van der Waals surface area contributed by atoms with Crippen LogP contribution in [0.1, 0.15) is 24.8 Å². The zero-order chi connectivity index (χ0) is 13.0. The number of rotatable bonds is 3. The summed E-state index contributed by atoms with van der Waals surface area (Å²) in [6, 6.07) is 5.61. The molecule has 1 fully saturated rings. The summed E-state index contributed by atoms with van der Waals surface area (Å²) in [6.07, 6.45) is 2.44. The molecule has 0 spiro atoms. The predicted octanol–water partition coefficient (Wildman–Crippen LogP) is 1.66. The molecule has 1 aliphatic rings. The van der Waals surface area contributed by atoms with Gasteiger partial charge < -0.3 is 19.9 Å². The topological polar surface area (TPSA) is 50.7 Å². The van der Waals surface area contributed by atoms with E-state index >= 15 is 0 Å². The van der Waals surface area contributed by atoms with Crippen LogP contribution in [0, 0.1) is 0 Å². The van der Waals surface area contributed by atoms with Gasteiger partial charge in [-0.15, -0.1) is 0 Å². The van der Waals surface area contributed by atoms with E-state index in [1.54, 1.807) is 14.2 Å². The maximum Gasteiger partial charge on any atom is 0.122 e. The molecule has 0 amide bonds. The van der Waals surface area contributed by atoms with Crippen molar-refractivity contribution in [1.82, 2.24) is 5.32 Å². The fraction of sp³-hybridized carbons (Fsp3) is 0.571. The molecule has 1 atom stereocenters. The number of hydrogen-bond donors (Lipinski definition) is 2. The zero-order valence-electron chi connectivity index (χ0n) is 11.0. The van der Waals surface area contributed by atoms with E-state index in [2.05, 4.69) is 5.32 Å². The maximum absolute atomic E-state index is 10.8. The molecule has 18 heavy (non-hydrogen) atoms. The lowest BCUT2D eigenvalue weighted by molar-refractivity contribution is 0.0236. The van der Waals surface area contributed by atoms with Gasteiger partial charge in [-0.05, 0) is 50.0 Å². The van der Waals surface area contributed by atoms with Gasteiger partial charge in [-0.3, -0.25) is 0 Å². The van der Waals surface area contributed by atoms with E-state index in [0.717, 1.165) is 43.0 Å². The van der Waals surface area contributed by atoms with Crippen LogP contribution in [0.25, 0.3) is 0 Å². The van der Waals surface area contributed by atoms with Crippen LogP contribution in [0.4, 0.5) is 0 Å². The van der Waals surface area contributed by atoms with Crippen molar-refractivity contribution in [1.29, 1.82) is 0 Å². The molecule has 100 valence electrons. The first-order valence-electron chi connectivity index (χ1n) is 6.34. The first-order valence-corrected chi connectivity index (χ1v) is 6.34. The molecule has 0 aliphatic carbocycles. The number of nitrogens with one attached hydrogen (secondary N) is 1. The molecule has 1 unspecified atom stereocenters. The number of aliphatic hydroxyl groups is 1. The summed E-state index contributed by atoms with van der Waals surface area (Å²) < 4.78 is 10.5. The molecule has 0 saturated carbocycles. The van der Waals surface area contributed by atoms with Crippen molar-refractivity contribution in [3.8, 4) is 11.5 Å². The van der Waals surface area contributed by atoms with E-state index in [0.29, 0.717) is 6.42 Å². The SMILES string of the molecule is COc1cc(OC)cc(C2(O)CCCNCC2)c1. The van der Waals surface area contributed by atoms with Crippen molar-refractivity contribution in [2.24, 2.45) is 0 Å². The van der Waals surface area contributed by atoms with Crippen molar-refractivity contribution in [3.63, 3.8) is 0 Å². The van der Waals surface area contributed by atoms with Gasteiger partial charge in [0.1, 0.15) is 11.5 Å². The summed E-state index contributed by atoms with van der Waals surface area (Å²) in [5.74, 6) is 1.44. The lowest BCUT2D eigenvalue weighted by atomic mass is 9.86. The monoisotopic (exact) mass is 251 g/mol. The normalized spacial score (nSPS) is 24.4. The summed E-state index contributed by atoms with van der Waals surface area (Å²) in [7, 11) is 3.24. The van der Waals surface area contributed by atoms with Gasteiger partial charge >= 0.3 is 0 Å². The highest BCUT2D eigenvalue weighted by atomic mass is 16.5. The molecule has 0 aromatic heterocycles. The second-order valence-electron chi connectivity index (χ2n) is 4.74. The Labute approximate surface area is 108 Å². The minimum absolute atomic E-state index is 0.712. The van der Waals surface area contributed by atoms with E-state index in [1.807, 2.05) is 18.2 Å². The quantitative estimate of drug-likeness (QED) is 0.858. The summed E-state index contributed by atoms with van der Waals surface area (Å²) in [5, 5.41) is 14.1. The van der Waals surface area contributed by atoms with Crippen LogP contribution in [0.2, 0.25) is 0 Å². The smallest absolute Gasteiger partial charge is 0.122 e. The predicted molar refractivity (Wildman–Crippen MR) is 70.2 cm³/mol. The third-order valence-electron chi connectivity index (χ3n) is 3.55. The van der Waals surface area contributed by atoms with Crippen molar-refractivity contribution < 1.29 is 14.6 Å². The van der Waals surface area contributed by atoms with Crippen molar-refractivity contribution in [2.45, 2.75) is 24.9 Å². The molecule has 2 N–H and O–H groups in total. The second-order valence-corrected chi connectivity index (χ2v) is 4.74. The molecule has 2 rings (SSSR count). The van der Waals surface area contributed by atoms with Crippen molar-refractivity contribution in [3.05, 3.63) is 23.8 Å². The highest BCUT2D eigenvalue weighted by molar-refractivity contribution is 5.41. The minimum atomic E-state index is -0.786. The van der Waals surface area contributed by atoms with E-state index in [9.17, 15) is 5.11 Å². The number of methoxy groups -OCH3 is 2. The molecule has 1 aromatic carbocycles. The molecular formula is C14H21NO3. The first-order chi connectivity index (χ1) is 8.68. The van der Waals surface area contributed by atoms with Crippen LogP contribution >= 0.6 is 0 Å². The summed E-state index contributed by atoms with van der Waals surface area (Å²) in [5.41, 5.74) is 0.0908. The van der Waals surface area contributed by atoms with Gasteiger partial charge in [0.25, 0.3) is 0 Å². The standard InChI is InChI=1S/C14H21NO3/c1-17-12-8-11(9-13(10-12)18-2)14(16)4-3-6-15-7-5-14/h8-10,15-16H,3-7H2,1-2H3. The highest BCUT2D eigenvalue weighted by Crippen LogP contribution is 2.35. The van der Waals surface area contributed by atoms with E-state index in [1.165, 1.54) is 0 Å². The Balaban J connectivity index is 2.35. The van der Waals surface area contributed by atoms with E-state index in [4.69, 9.17) is 9.47 Å². The van der Waals surface area contributed by atoms with Gasteiger partial charge in [-0.1, -0.05) is 0 Å². The average Bonchev–Trinajstić information content (AvgIpc) is 2.64. The van der Waals surface area contributed by atoms with Crippen LogP contribution in [0.3, 0.4) is 0 Å². The molecule has 1 aliphatic heterocycles. The molecule has 0 radical (unpaired) electrons. The molecule has 1 heterocycles. The third kappa shape index (κ3) is 2.76. The minimum Gasteiger partial charge on any atom is -0.497 e. The number of hydrogen-bond acceptors (Lipinski definition) is 4. The maximum atomic E-state index is 10.8.